The number of halogens is 2. The molecule has 0 aromatic carbocycles. The van der Waals surface area contributed by atoms with Gasteiger partial charge in [0.2, 0.25) is 6.17 Å². The Bertz CT molecular complexity index is 345. The topological polar surface area (TPSA) is 52.3 Å². The van der Waals surface area contributed by atoms with Crippen LogP contribution in [0.15, 0.2) is 15.9 Å². The third-order valence-corrected chi connectivity index (χ3v) is 3.54. The number of rotatable bonds is 4. The summed E-state index contributed by atoms with van der Waals surface area (Å²) in [6.07, 6.45) is -1.81. The maximum atomic E-state index is 13.5. The van der Waals surface area contributed by atoms with Gasteiger partial charge in [-0.2, -0.15) is 0 Å². The van der Waals surface area contributed by atoms with Gasteiger partial charge in [-0.3, -0.25) is 0 Å². The Kier molecular flexibility index (Phi) is 4.69. The van der Waals surface area contributed by atoms with Crippen LogP contribution in [-0.4, -0.2) is 18.7 Å². The molecule has 1 aromatic rings. The normalized spacial score (nSPS) is 14.7. The standard InChI is InChI=1S/C9H11BrFNO2S/c1-2-14-9(13)7(11)8(12)6-3-5(10)4-15-6/h3-4,7-8H,2,12H2,1H3/t7?,8-/m0/s1. The fraction of sp³-hybridized carbons (Fsp3) is 0.444. The third-order valence-electron chi connectivity index (χ3n) is 1.74. The number of ether oxygens (including phenoxy) is 1. The number of nitrogens with two attached hydrogens (primary N) is 1. The highest BCUT2D eigenvalue weighted by Gasteiger charge is 2.28. The van der Waals surface area contributed by atoms with Gasteiger partial charge in [0.05, 0.1) is 12.6 Å². The van der Waals surface area contributed by atoms with E-state index in [1.165, 1.54) is 11.3 Å². The van der Waals surface area contributed by atoms with Crippen molar-refractivity contribution in [2.45, 2.75) is 19.1 Å². The van der Waals surface area contributed by atoms with Crippen molar-refractivity contribution in [1.82, 2.24) is 0 Å². The molecular weight excluding hydrogens is 285 g/mol. The minimum absolute atomic E-state index is 0.153. The first kappa shape index (κ1) is 12.6. The monoisotopic (exact) mass is 295 g/mol. The molecule has 1 heterocycles. The second-order valence-corrected chi connectivity index (χ2v) is 4.71. The Morgan fingerprint density at radius 2 is 2.47 bits per heavy atom. The zero-order valence-corrected chi connectivity index (χ0v) is 10.5. The first-order chi connectivity index (χ1) is 7.06. The third kappa shape index (κ3) is 3.25. The molecule has 0 saturated carbocycles. The Morgan fingerprint density at radius 3 is 2.93 bits per heavy atom. The molecule has 0 radical (unpaired) electrons. The molecule has 0 bridgehead atoms. The Morgan fingerprint density at radius 1 is 1.80 bits per heavy atom. The fourth-order valence-corrected chi connectivity index (χ4v) is 2.48. The Balaban J connectivity index is 2.67. The van der Waals surface area contributed by atoms with Crippen molar-refractivity contribution in [1.29, 1.82) is 0 Å². The average Bonchev–Trinajstić information content (AvgIpc) is 2.63. The van der Waals surface area contributed by atoms with Gasteiger partial charge in [0.15, 0.2) is 0 Å². The number of alkyl halides is 1. The van der Waals surface area contributed by atoms with Gasteiger partial charge in [0, 0.05) is 14.7 Å². The van der Waals surface area contributed by atoms with Crippen molar-refractivity contribution in [2.24, 2.45) is 5.73 Å². The predicted octanol–water partition coefficient (Wildman–Crippen LogP) is 2.41. The highest BCUT2D eigenvalue weighted by atomic mass is 79.9. The highest BCUT2D eigenvalue weighted by Crippen LogP contribution is 2.27. The molecule has 84 valence electrons. The molecule has 0 aliphatic heterocycles. The summed E-state index contributed by atoms with van der Waals surface area (Å²) in [4.78, 5) is 11.7. The van der Waals surface area contributed by atoms with E-state index >= 15 is 0 Å². The number of carbonyl (C=O) groups excluding carboxylic acids is 1. The molecular formula is C9H11BrFNO2S. The van der Waals surface area contributed by atoms with E-state index in [0.29, 0.717) is 4.88 Å². The lowest BCUT2D eigenvalue weighted by atomic mass is 10.1. The smallest absolute Gasteiger partial charge is 0.342 e. The first-order valence-electron chi connectivity index (χ1n) is 4.36. The molecule has 3 nitrogen and oxygen atoms in total. The minimum atomic E-state index is -1.81. The summed E-state index contributed by atoms with van der Waals surface area (Å²) in [6.45, 7) is 1.78. The molecule has 0 spiro atoms. The first-order valence-corrected chi connectivity index (χ1v) is 6.03. The van der Waals surface area contributed by atoms with E-state index in [1.807, 2.05) is 0 Å². The summed E-state index contributed by atoms with van der Waals surface area (Å²) in [5, 5.41) is 1.78. The maximum absolute atomic E-state index is 13.5. The molecule has 1 rings (SSSR count). The van der Waals surface area contributed by atoms with Gasteiger partial charge in [-0.1, -0.05) is 0 Å². The van der Waals surface area contributed by atoms with Crippen molar-refractivity contribution in [3.63, 3.8) is 0 Å². The zero-order valence-electron chi connectivity index (χ0n) is 8.07. The van der Waals surface area contributed by atoms with Crippen LogP contribution in [0.5, 0.6) is 0 Å². The van der Waals surface area contributed by atoms with Crippen molar-refractivity contribution in [3.8, 4) is 0 Å². The van der Waals surface area contributed by atoms with E-state index in [1.54, 1.807) is 18.4 Å². The number of hydrogen-bond acceptors (Lipinski definition) is 4. The van der Waals surface area contributed by atoms with Gasteiger partial charge in [0.25, 0.3) is 0 Å². The molecule has 1 unspecified atom stereocenters. The molecule has 1 aromatic heterocycles. The van der Waals surface area contributed by atoms with Crippen LogP contribution in [0, 0.1) is 0 Å². The molecule has 0 saturated heterocycles. The Hall–Kier alpha value is -0.460. The van der Waals surface area contributed by atoms with E-state index in [2.05, 4.69) is 20.7 Å². The van der Waals surface area contributed by atoms with Crippen molar-refractivity contribution >= 4 is 33.2 Å². The van der Waals surface area contributed by atoms with Crippen molar-refractivity contribution in [3.05, 3.63) is 20.8 Å². The van der Waals surface area contributed by atoms with Gasteiger partial charge < -0.3 is 10.5 Å². The lowest BCUT2D eigenvalue weighted by Gasteiger charge is -2.13. The van der Waals surface area contributed by atoms with Crippen molar-refractivity contribution < 1.29 is 13.9 Å². The van der Waals surface area contributed by atoms with Crippen LogP contribution in [0.3, 0.4) is 0 Å². The van der Waals surface area contributed by atoms with E-state index in [9.17, 15) is 9.18 Å². The number of hydrogen-bond donors (Lipinski definition) is 1. The molecule has 0 fully saturated rings. The number of esters is 1. The predicted molar refractivity (Wildman–Crippen MR) is 60.5 cm³/mol. The highest BCUT2D eigenvalue weighted by molar-refractivity contribution is 9.10. The molecule has 0 aliphatic carbocycles. The quantitative estimate of drug-likeness (QED) is 0.868. The number of thiophene rings is 1. The second-order valence-electron chi connectivity index (χ2n) is 2.85. The van der Waals surface area contributed by atoms with Crippen LogP contribution in [0.2, 0.25) is 0 Å². The number of carbonyl (C=O) groups is 1. The van der Waals surface area contributed by atoms with E-state index in [4.69, 9.17) is 5.73 Å². The van der Waals surface area contributed by atoms with E-state index in [-0.39, 0.29) is 6.61 Å². The Labute approximate surface area is 99.5 Å². The largest absolute Gasteiger partial charge is 0.464 e. The molecule has 2 atom stereocenters. The van der Waals surface area contributed by atoms with E-state index in [0.717, 1.165) is 4.47 Å². The lowest BCUT2D eigenvalue weighted by Crippen LogP contribution is -2.30. The second kappa shape index (κ2) is 5.58. The average molecular weight is 296 g/mol. The SMILES string of the molecule is CCOC(=O)C(F)[C@@H](N)c1cc(Br)cs1. The summed E-state index contributed by atoms with van der Waals surface area (Å²) >= 11 is 4.54. The lowest BCUT2D eigenvalue weighted by molar-refractivity contribution is -0.149. The molecule has 0 amide bonds. The fourth-order valence-electron chi connectivity index (χ4n) is 1.02. The molecule has 0 aliphatic rings. The van der Waals surface area contributed by atoms with Crippen LogP contribution in [0.4, 0.5) is 4.39 Å². The van der Waals surface area contributed by atoms with Crippen molar-refractivity contribution in [2.75, 3.05) is 6.61 Å². The van der Waals surface area contributed by atoms with Crippen LogP contribution in [0.25, 0.3) is 0 Å². The summed E-state index contributed by atoms with van der Waals surface area (Å²) in [7, 11) is 0. The molecule has 2 N–H and O–H groups in total. The minimum Gasteiger partial charge on any atom is -0.464 e. The zero-order chi connectivity index (χ0) is 11.4. The summed E-state index contributed by atoms with van der Waals surface area (Å²) in [5.74, 6) is -0.908. The van der Waals surface area contributed by atoms with Gasteiger partial charge in [-0.25, -0.2) is 9.18 Å². The van der Waals surface area contributed by atoms with Crippen LogP contribution in [-0.2, 0) is 9.53 Å². The van der Waals surface area contributed by atoms with E-state index < -0.39 is 18.2 Å². The van der Waals surface area contributed by atoms with Gasteiger partial charge in [-0.05, 0) is 28.9 Å². The van der Waals surface area contributed by atoms with Crippen LogP contribution < -0.4 is 5.73 Å². The summed E-state index contributed by atoms with van der Waals surface area (Å²) in [5.41, 5.74) is 5.60. The summed E-state index contributed by atoms with van der Waals surface area (Å²) < 4.78 is 18.8. The van der Waals surface area contributed by atoms with Crippen LogP contribution >= 0.6 is 27.3 Å². The van der Waals surface area contributed by atoms with Gasteiger partial charge in [-0.15, -0.1) is 11.3 Å². The molecule has 6 heteroatoms. The molecule has 15 heavy (non-hydrogen) atoms. The van der Waals surface area contributed by atoms with Crippen LogP contribution in [0.1, 0.15) is 17.8 Å². The van der Waals surface area contributed by atoms with Gasteiger partial charge in [0.1, 0.15) is 0 Å². The maximum Gasteiger partial charge on any atom is 0.342 e. The summed E-state index contributed by atoms with van der Waals surface area (Å²) in [6, 6.07) is 0.738. The van der Waals surface area contributed by atoms with Gasteiger partial charge >= 0.3 is 5.97 Å².